The van der Waals surface area contributed by atoms with Gasteiger partial charge in [-0.2, -0.15) is 0 Å². The Morgan fingerprint density at radius 1 is 0.618 bits per heavy atom. The van der Waals surface area contributed by atoms with Gasteiger partial charge in [0, 0.05) is 6.42 Å². The van der Waals surface area contributed by atoms with Crippen molar-refractivity contribution in [1.82, 2.24) is 0 Å². The molecule has 2 atom stereocenters. The molecule has 0 amide bonds. The number of carbonyl (C=O) groups is 5. The monoisotopic (exact) mass is 488 g/mol. The second-order valence-electron chi connectivity index (χ2n) is 8.17. The fraction of sp³-hybridized carbons (Fsp3) is 0.792. The summed E-state index contributed by atoms with van der Waals surface area (Å²) in [6.07, 6.45) is 7.99. The van der Waals surface area contributed by atoms with Crippen molar-refractivity contribution in [2.24, 2.45) is 0 Å². The Morgan fingerprint density at radius 2 is 1.03 bits per heavy atom. The lowest BCUT2D eigenvalue weighted by Crippen LogP contribution is -2.38. The number of hydrogen-bond acceptors (Lipinski definition) is 8. The molecular formula is C24H40O10. The number of ether oxygens (including phenoxy) is 3. The maximum absolute atomic E-state index is 11.7. The van der Waals surface area contributed by atoms with Gasteiger partial charge in [-0.15, -0.1) is 0 Å². The number of carboxylic acids is 2. The SMILES string of the molecule is CCCCCCCCC(OC(=O)C(=O)O)C(CCCCCCCC(=O)OCC)OC(=O)C(=O)O. The van der Waals surface area contributed by atoms with E-state index in [2.05, 4.69) is 6.92 Å². The summed E-state index contributed by atoms with van der Waals surface area (Å²) in [6.45, 7) is 4.20. The minimum Gasteiger partial charge on any atom is -0.473 e. The minimum absolute atomic E-state index is 0.226. The molecule has 2 unspecified atom stereocenters. The second kappa shape index (κ2) is 19.8. The topological polar surface area (TPSA) is 154 Å². The molecule has 10 nitrogen and oxygen atoms in total. The van der Waals surface area contributed by atoms with Gasteiger partial charge in [0.05, 0.1) is 6.61 Å². The van der Waals surface area contributed by atoms with Crippen molar-refractivity contribution >= 4 is 29.8 Å². The first-order valence-electron chi connectivity index (χ1n) is 12.3. The van der Waals surface area contributed by atoms with Crippen molar-refractivity contribution < 1.29 is 48.4 Å². The van der Waals surface area contributed by atoms with Crippen LogP contribution in [0.2, 0.25) is 0 Å². The fourth-order valence-corrected chi connectivity index (χ4v) is 3.52. The normalized spacial score (nSPS) is 12.4. The van der Waals surface area contributed by atoms with Crippen molar-refractivity contribution in [3.63, 3.8) is 0 Å². The van der Waals surface area contributed by atoms with Gasteiger partial charge in [-0.05, 0) is 39.0 Å². The molecule has 0 radical (unpaired) electrons. The molecule has 0 bridgehead atoms. The fourth-order valence-electron chi connectivity index (χ4n) is 3.52. The third-order valence-corrected chi connectivity index (χ3v) is 5.30. The van der Waals surface area contributed by atoms with Crippen LogP contribution < -0.4 is 0 Å². The number of aliphatic carboxylic acids is 2. The summed E-state index contributed by atoms with van der Waals surface area (Å²) in [6, 6.07) is 0. The van der Waals surface area contributed by atoms with Crippen LogP contribution in [0.5, 0.6) is 0 Å². The van der Waals surface area contributed by atoms with Gasteiger partial charge in [-0.1, -0.05) is 58.3 Å². The average molecular weight is 489 g/mol. The third-order valence-electron chi connectivity index (χ3n) is 5.30. The van der Waals surface area contributed by atoms with Gasteiger partial charge >= 0.3 is 29.8 Å². The van der Waals surface area contributed by atoms with Crippen LogP contribution in [-0.4, -0.2) is 58.9 Å². The lowest BCUT2D eigenvalue weighted by atomic mass is 9.99. The second-order valence-corrected chi connectivity index (χ2v) is 8.17. The number of carboxylic acid groups (broad SMARTS) is 2. The Labute approximate surface area is 201 Å². The summed E-state index contributed by atoms with van der Waals surface area (Å²) in [7, 11) is 0. The van der Waals surface area contributed by atoms with E-state index in [0.29, 0.717) is 32.3 Å². The molecule has 0 fully saturated rings. The minimum atomic E-state index is -1.77. The van der Waals surface area contributed by atoms with Crippen molar-refractivity contribution in [3.8, 4) is 0 Å². The third kappa shape index (κ3) is 16.0. The largest absolute Gasteiger partial charge is 0.473 e. The van der Waals surface area contributed by atoms with Crippen LogP contribution in [0.15, 0.2) is 0 Å². The van der Waals surface area contributed by atoms with E-state index in [1.165, 1.54) is 0 Å². The Bertz CT molecular complexity index is 631. The van der Waals surface area contributed by atoms with E-state index in [4.69, 9.17) is 24.4 Å². The van der Waals surface area contributed by atoms with E-state index in [0.717, 1.165) is 51.4 Å². The summed E-state index contributed by atoms with van der Waals surface area (Å²) in [5.41, 5.74) is 0. The van der Waals surface area contributed by atoms with Gasteiger partial charge in [-0.25, -0.2) is 19.2 Å². The van der Waals surface area contributed by atoms with Crippen LogP contribution in [0.1, 0.15) is 104 Å². The van der Waals surface area contributed by atoms with Gasteiger partial charge < -0.3 is 24.4 Å². The Morgan fingerprint density at radius 3 is 1.44 bits per heavy atom. The molecule has 10 heteroatoms. The van der Waals surface area contributed by atoms with Crippen LogP contribution in [0.4, 0.5) is 0 Å². The summed E-state index contributed by atoms with van der Waals surface area (Å²) in [5.74, 6) is -6.71. The summed E-state index contributed by atoms with van der Waals surface area (Å²) >= 11 is 0. The highest BCUT2D eigenvalue weighted by Crippen LogP contribution is 2.21. The lowest BCUT2D eigenvalue weighted by molar-refractivity contribution is -0.181. The highest BCUT2D eigenvalue weighted by atomic mass is 16.6. The highest BCUT2D eigenvalue weighted by molar-refractivity contribution is 6.29. The Balaban J connectivity index is 4.87. The van der Waals surface area contributed by atoms with E-state index < -0.39 is 36.1 Å². The Kier molecular flexibility index (Phi) is 18.2. The van der Waals surface area contributed by atoms with Crippen LogP contribution in [0, 0.1) is 0 Å². The molecule has 2 N–H and O–H groups in total. The van der Waals surface area contributed by atoms with Crippen LogP contribution in [-0.2, 0) is 38.2 Å². The molecular weight excluding hydrogens is 448 g/mol. The summed E-state index contributed by atoms with van der Waals surface area (Å²) < 4.78 is 15.0. The first kappa shape index (κ1) is 31.4. The van der Waals surface area contributed by atoms with Gasteiger partial charge in [0.25, 0.3) is 0 Å². The molecule has 0 aromatic carbocycles. The van der Waals surface area contributed by atoms with Crippen molar-refractivity contribution in [2.45, 2.75) is 116 Å². The van der Waals surface area contributed by atoms with E-state index in [9.17, 15) is 24.0 Å². The standard InChI is InChI=1S/C24H40O10/c1-3-5-6-7-9-12-15-18(33-23(30)21(26)27)19(34-24(31)22(28)29)16-13-10-8-11-14-17-20(25)32-4-2/h18-19H,3-17H2,1-2H3,(H,26,27)(H,28,29). The van der Waals surface area contributed by atoms with E-state index in [1.807, 2.05) is 0 Å². The van der Waals surface area contributed by atoms with Gasteiger partial charge in [-0.3, -0.25) is 4.79 Å². The molecule has 34 heavy (non-hydrogen) atoms. The molecule has 0 heterocycles. The molecule has 0 aliphatic heterocycles. The molecule has 0 saturated carbocycles. The molecule has 0 aliphatic carbocycles. The molecule has 0 spiro atoms. The quantitative estimate of drug-likeness (QED) is 0.118. The molecule has 0 aliphatic rings. The predicted octanol–water partition coefficient (Wildman–Crippen LogP) is 4.02. The van der Waals surface area contributed by atoms with Gasteiger partial charge in [0.2, 0.25) is 0 Å². The number of esters is 3. The van der Waals surface area contributed by atoms with Crippen molar-refractivity contribution in [2.75, 3.05) is 6.61 Å². The lowest BCUT2D eigenvalue weighted by Gasteiger charge is -2.26. The predicted molar refractivity (Wildman–Crippen MR) is 122 cm³/mol. The van der Waals surface area contributed by atoms with Crippen LogP contribution >= 0.6 is 0 Å². The number of unbranched alkanes of at least 4 members (excludes halogenated alkanes) is 9. The zero-order valence-corrected chi connectivity index (χ0v) is 20.4. The first-order valence-corrected chi connectivity index (χ1v) is 12.3. The zero-order chi connectivity index (χ0) is 25.8. The van der Waals surface area contributed by atoms with Gasteiger partial charge in [0.15, 0.2) is 0 Å². The van der Waals surface area contributed by atoms with Gasteiger partial charge in [0.1, 0.15) is 12.2 Å². The summed E-state index contributed by atoms with van der Waals surface area (Å²) in [4.78, 5) is 56.7. The summed E-state index contributed by atoms with van der Waals surface area (Å²) in [5, 5.41) is 17.8. The van der Waals surface area contributed by atoms with E-state index in [1.54, 1.807) is 6.92 Å². The molecule has 0 aromatic rings. The molecule has 0 rings (SSSR count). The number of hydrogen-bond donors (Lipinski definition) is 2. The molecule has 0 saturated heterocycles. The maximum Gasteiger partial charge on any atom is 0.417 e. The maximum atomic E-state index is 11.7. The first-order chi connectivity index (χ1) is 16.2. The average Bonchev–Trinajstić information content (AvgIpc) is 2.78. The molecule has 196 valence electrons. The molecule has 0 aromatic heterocycles. The smallest absolute Gasteiger partial charge is 0.417 e. The number of rotatable bonds is 19. The van der Waals surface area contributed by atoms with Crippen molar-refractivity contribution in [1.29, 1.82) is 0 Å². The number of carbonyl (C=O) groups excluding carboxylic acids is 3. The zero-order valence-electron chi connectivity index (χ0n) is 20.4. The van der Waals surface area contributed by atoms with E-state index in [-0.39, 0.29) is 18.8 Å². The highest BCUT2D eigenvalue weighted by Gasteiger charge is 2.32. The van der Waals surface area contributed by atoms with Crippen molar-refractivity contribution in [3.05, 3.63) is 0 Å². The van der Waals surface area contributed by atoms with Crippen LogP contribution in [0.25, 0.3) is 0 Å². The van der Waals surface area contributed by atoms with E-state index >= 15 is 0 Å². The Hall–Kier alpha value is -2.65. The van der Waals surface area contributed by atoms with Crippen LogP contribution in [0.3, 0.4) is 0 Å².